The smallest absolute Gasteiger partial charge is 0.303 e. The molecule has 0 saturated carbocycles. The van der Waals surface area contributed by atoms with Gasteiger partial charge in [0.2, 0.25) is 0 Å². The molecule has 1 saturated heterocycles. The van der Waals surface area contributed by atoms with Crippen LogP contribution in [0.4, 0.5) is 5.69 Å². The summed E-state index contributed by atoms with van der Waals surface area (Å²) in [6.45, 7) is 13.2. The van der Waals surface area contributed by atoms with Crippen LogP contribution in [-0.4, -0.2) is 37.3 Å². The van der Waals surface area contributed by atoms with Gasteiger partial charge in [0.05, 0.1) is 5.69 Å². The minimum absolute atomic E-state index is 0.336. The summed E-state index contributed by atoms with van der Waals surface area (Å²) < 4.78 is 0. The third-order valence-electron chi connectivity index (χ3n) is 6.76. The minimum Gasteiger partial charge on any atom is -0.481 e. The molecule has 1 heterocycles. The van der Waals surface area contributed by atoms with Crippen molar-refractivity contribution in [3.63, 3.8) is 0 Å². The van der Waals surface area contributed by atoms with Crippen molar-refractivity contribution in [3.05, 3.63) is 53.6 Å². The molecule has 2 aromatic carbocycles. The molecule has 2 N–H and O–H groups in total. The summed E-state index contributed by atoms with van der Waals surface area (Å²) in [4.78, 5) is 15.5. The summed E-state index contributed by atoms with van der Waals surface area (Å²) in [6, 6.07) is 15.5. The third kappa shape index (κ3) is 11.8. The van der Waals surface area contributed by atoms with Gasteiger partial charge >= 0.3 is 5.97 Å². The van der Waals surface area contributed by atoms with Crippen LogP contribution in [0.2, 0.25) is 0 Å². The Morgan fingerprint density at radius 3 is 2.33 bits per heavy atom. The van der Waals surface area contributed by atoms with Crippen LogP contribution in [0.5, 0.6) is 0 Å². The van der Waals surface area contributed by atoms with Gasteiger partial charge in [-0.25, -0.2) is 0 Å². The highest BCUT2D eigenvalue weighted by Crippen LogP contribution is 2.37. The van der Waals surface area contributed by atoms with Crippen molar-refractivity contribution < 1.29 is 9.90 Å². The zero-order valence-electron chi connectivity index (χ0n) is 23.0. The first-order valence-electron chi connectivity index (χ1n) is 13.9. The van der Waals surface area contributed by atoms with Gasteiger partial charge in [-0.3, -0.25) is 4.79 Å². The number of carbonyl (C=O) groups is 1. The molecule has 0 bridgehead atoms. The van der Waals surface area contributed by atoms with E-state index in [9.17, 15) is 4.79 Å². The first-order chi connectivity index (χ1) is 17.4. The number of carboxylic acid groups (broad SMARTS) is 1. The topological polar surface area (TPSA) is 52.6 Å². The second kappa shape index (κ2) is 17.5. The van der Waals surface area contributed by atoms with Crippen molar-refractivity contribution in [1.82, 2.24) is 5.32 Å². The predicted octanol–water partition coefficient (Wildman–Crippen LogP) is 8.10. The molecule has 0 spiro atoms. The first kappa shape index (κ1) is 30.2. The Bertz CT molecular complexity index is 896. The fourth-order valence-electron chi connectivity index (χ4n) is 4.58. The summed E-state index contributed by atoms with van der Waals surface area (Å²) in [5.74, 6) is 0.112. The maximum absolute atomic E-state index is 10.3. The molecule has 1 aliphatic heterocycles. The highest BCUT2D eigenvalue weighted by Gasteiger charge is 2.15. The molecule has 5 heteroatoms. The van der Waals surface area contributed by atoms with Crippen LogP contribution >= 0.6 is 11.8 Å². The number of aryl methyl sites for hydroxylation is 2. The first-order valence-corrected chi connectivity index (χ1v) is 14.7. The number of nitrogens with zero attached hydrogens (tertiary/aromatic N) is 1. The molecular formula is C31H48N2O2S. The molecule has 200 valence electrons. The van der Waals surface area contributed by atoms with Crippen LogP contribution in [0.25, 0.3) is 0 Å². The van der Waals surface area contributed by atoms with E-state index in [1.807, 2.05) is 11.8 Å². The van der Waals surface area contributed by atoms with Crippen molar-refractivity contribution in [2.75, 3.05) is 31.1 Å². The zero-order chi connectivity index (χ0) is 26.2. The van der Waals surface area contributed by atoms with Gasteiger partial charge in [0, 0.05) is 42.4 Å². The Hall–Kier alpha value is -1.98. The van der Waals surface area contributed by atoms with E-state index >= 15 is 0 Å². The van der Waals surface area contributed by atoms with Gasteiger partial charge in [0.25, 0.3) is 0 Å². The molecule has 2 aromatic rings. The van der Waals surface area contributed by atoms with E-state index < -0.39 is 5.97 Å². The largest absolute Gasteiger partial charge is 0.481 e. The van der Waals surface area contributed by atoms with E-state index in [-0.39, 0.29) is 0 Å². The van der Waals surface area contributed by atoms with Crippen LogP contribution in [0, 0.1) is 19.8 Å². The molecule has 3 rings (SSSR count). The van der Waals surface area contributed by atoms with Gasteiger partial charge in [-0.15, -0.1) is 0 Å². The van der Waals surface area contributed by atoms with E-state index in [4.69, 9.17) is 5.11 Å². The summed E-state index contributed by atoms with van der Waals surface area (Å²) in [5.41, 5.74) is 4.05. The number of anilines is 1. The van der Waals surface area contributed by atoms with E-state index in [0.717, 1.165) is 44.9 Å². The van der Waals surface area contributed by atoms with Gasteiger partial charge in [-0.2, -0.15) is 0 Å². The average Bonchev–Trinajstić information content (AvgIpc) is 2.87. The fraction of sp³-hybridized carbons (Fsp3) is 0.581. The lowest BCUT2D eigenvalue weighted by atomic mass is 9.97. The normalized spacial score (nSPS) is 14.2. The minimum atomic E-state index is -0.661. The van der Waals surface area contributed by atoms with Gasteiger partial charge in [-0.05, 0) is 49.9 Å². The number of rotatable bonds is 13. The molecule has 1 atom stereocenters. The maximum Gasteiger partial charge on any atom is 0.303 e. The maximum atomic E-state index is 10.3. The van der Waals surface area contributed by atoms with E-state index in [1.54, 1.807) is 0 Å². The molecule has 1 unspecified atom stereocenters. The number of nitrogens with one attached hydrogen (secondary N) is 1. The Labute approximate surface area is 224 Å². The second-order valence-electron chi connectivity index (χ2n) is 10.2. The van der Waals surface area contributed by atoms with Gasteiger partial charge in [0.15, 0.2) is 0 Å². The van der Waals surface area contributed by atoms with E-state index in [2.05, 4.69) is 80.4 Å². The highest BCUT2D eigenvalue weighted by molar-refractivity contribution is 7.99. The number of unbranched alkanes of at least 4 members (excludes halogenated alkanes) is 4. The van der Waals surface area contributed by atoms with Crippen LogP contribution < -0.4 is 10.2 Å². The van der Waals surface area contributed by atoms with Crippen molar-refractivity contribution in [1.29, 1.82) is 0 Å². The van der Waals surface area contributed by atoms with Crippen molar-refractivity contribution in [2.45, 2.75) is 95.3 Å². The third-order valence-corrected chi connectivity index (χ3v) is 8.00. The van der Waals surface area contributed by atoms with Crippen LogP contribution in [0.15, 0.2) is 52.3 Å². The molecule has 0 aliphatic carbocycles. The quantitative estimate of drug-likeness (QED) is 0.266. The van der Waals surface area contributed by atoms with Gasteiger partial charge < -0.3 is 15.3 Å². The van der Waals surface area contributed by atoms with E-state index in [0.29, 0.717) is 6.42 Å². The van der Waals surface area contributed by atoms with Crippen molar-refractivity contribution in [2.24, 2.45) is 5.92 Å². The number of carboxylic acids is 1. The van der Waals surface area contributed by atoms with Crippen molar-refractivity contribution in [3.8, 4) is 0 Å². The van der Waals surface area contributed by atoms with Gasteiger partial charge in [-0.1, -0.05) is 100 Å². The Kier molecular flexibility index (Phi) is 14.7. The monoisotopic (exact) mass is 512 g/mol. The van der Waals surface area contributed by atoms with Crippen LogP contribution in [0.3, 0.4) is 0 Å². The lowest BCUT2D eigenvalue weighted by Gasteiger charge is -2.31. The van der Waals surface area contributed by atoms with Crippen LogP contribution in [-0.2, 0) is 4.79 Å². The number of piperazine rings is 1. The number of hydrogen-bond acceptors (Lipinski definition) is 4. The number of aliphatic carboxylic acids is 1. The standard InChI is InChI=1S/C18H22N2S.C13H26O2/c1-14-7-8-17(15(2)13-14)21-18-6-4-3-5-16(18)20-11-9-19-10-12-20;1-3-4-5-6-9-12(2)10-7-8-11-13(14)15/h3-8,13,19H,9-12H2,1-2H3;12H,3-11H2,1-2H3,(H,14,15). The molecule has 0 radical (unpaired) electrons. The molecule has 0 aromatic heterocycles. The van der Waals surface area contributed by atoms with Crippen molar-refractivity contribution >= 4 is 23.4 Å². The highest BCUT2D eigenvalue weighted by atomic mass is 32.2. The summed E-state index contributed by atoms with van der Waals surface area (Å²) in [5, 5.41) is 11.9. The molecular weight excluding hydrogens is 464 g/mol. The van der Waals surface area contributed by atoms with Gasteiger partial charge in [0.1, 0.15) is 0 Å². The predicted molar refractivity (Wildman–Crippen MR) is 156 cm³/mol. The lowest BCUT2D eigenvalue weighted by Crippen LogP contribution is -2.43. The Morgan fingerprint density at radius 1 is 0.972 bits per heavy atom. The van der Waals surface area contributed by atoms with E-state index in [1.165, 1.54) is 65.1 Å². The molecule has 36 heavy (non-hydrogen) atoms. The SMILES string of the molecule is CCCCCCC(C)CCCCC(=O)O.Cc1ccc(Sc2ccccc2N2CCNCC2)c(C)c1. The molecule has 1 fully saturated rings. The summed E-state index contributed by atoms with van der Waals surface area (Å²) in [7, 11) is 0. The Balaban J connectivity index is 0.000000271. The number of para-hydroxylation sites is 1. The average molecular weight is 513 g/mol. The fourth-order valence-corrected chi connectivity index (χ4v) is 5.62. The zero-order valence-corrected chi connectivity index (χ0v) is 23.8. The summed E-state index contributed by atoms with van der Waals surface area (Å²) in [6.07, 6.45) is 10.1. The molecule has 1 aliphatic rings. The molecule has 4 nitrogen and oxygen atoms in total. The number of benzene rings is 2. The number of hydrogen-bond donors (Lipinski definition) is 2. The summed E-state index contributed by atoms with van der Waals surface area (Å²) >= 11 is 1.88. The Morgan fingerprint density at radius 2 is 1.67 bits per heavy atom. The second-order valence-corrected chi connectivity index (χ2v) is 11.3. The molecule has 0 amide bonds. The van der Waals surface area contributed by atoms with Crippen LogP contribution in [0.1, 0.15) is 82.8 Å². The lowest BCUT2D eigenvalue weighted by molar-refractivity contribution is -0.137.